The van der Waals surface area contributed by atoms with E-state index < -0.39 is 11.6 Å². The van der Waals surface area contributed by atoms with E-state index in [1.807, 2.05) is 51.5 Å². The Bertz CT molecular complexity index is 1520. The molecule has 1 aromatic carbocycles. The van der Waals surface area contributed by atoms with Gasteiger partial charge in [-0.05, 0) is 94.2 Å². The van der Waals surface area contributed by atoms with Crippen LogP contribution in [0.3, 0.4) is 0 Å². The second-order valence-corrected chi connectivity index (χ2v) is 13.1. The SMILES string of the molecule is CC(C)(C)N(C(=O)O)[C@@H]1CCN(C(=O)c2ccc3c(c2)N(c2ncc(-c4cc(C5CC5)ccn4)cn2)CC32CC2)C1. The van der Waals surface area contributed by atoms with Gasteiger partial charge in [-0.25, -0.2) is 14.8 Å². The molecule has 4 heterocycles. The second-order valence-electron chi connectivity index (χ2n) is 13.1. The van der Waals surface area contributed by atoms with Crippen molar-refractivity contribution in [2.45, 2.75) is 75.8 Å². The first-order valence-electron chi connectivity index (χ1n) is 14.6. The smallest absolute Gasteiger partial charge is 0.408 e. The van der Waals surface area contributed by atoms with E-state index in [1.54, 1.807) is 4.90 Å². The highest BCUT2D eigenvalue weighted by atomic mass is 16.4. The molecule has 2 aromatic heterocycles. The monoisotopic (exact) mass is 552 g/mol. The highest BCUT2D eigenvalue weighted by Crippen LogP contribution is 2.57. The number of carboxylic acid groups (broad SMARTS) is 1. The summed E-state index contributed by atoms with van der Waals surface area (Å²) in [4.78, 5) is 45.1. The fourth-order valence-electron chi connectivity index (χ4n) is 6.74. The number of carbonyl (C=O) groups is 2. The minimum absolute atomic E-state index is 0.0656. The maximum atomic E-state index is 13.6. The van der Waals surface area contributed by atoms with Gasteiger partial charge in [0.15, 0.2) is 0 Å². The van der Waals surface area contributed by atoms with Gasteiger partial charge in [0.1, 0.15) is 0 Å². The van der Waals surface area contributed by atoms with Crippen LogP contribution in [0.15, 0.2) is 48.9 Å². The zero-order valence-electron chi connectivity index (χ0n) is 23.9. The molecule has 1 saturated heterocycles. The molecule has 2 aliphatic carbocycles. The summed E-state index contributed by atoms with van der Waals surface area (Å²) >= 11 is 0. The highest BCUT2D eigenvalue weighted by Gasteiger charge is 2.52. The Balaban J connectivity index is 1.13. The van der Waals surface area contributed by atoms with E-state index in [2.05, 4.69) is 28.1 Å². The van der Waals surface area contributed by atoms with E-state index in [0.29, 0.717) is 36.9 Å². The molecule has 212 valence electrons. The van der Waals surface area contributed by atoms with Crippen molar-refractivity contribution in [2.24, 2.45) is 0 Å². The third kappa shape index (κ3) is 4.61. The Hall–Kier alpha value is -4.01. The van der Waals surface area contributed by atoms with Crippen molar-refractivity contribution in [3.8, 4) is 11.3 Å². The van der Waals surface area contributed by atoms with E-state index in [4.69, 9.17) is 9.97 Å². The number of amides is 2. The molecule has 2 aliphatic heterocycles. The molecule has 2 amide bonds. The molecule has 0 radical (unpaired) electrons. The molecule has 9 nitrogen and oxygen atoms in total. The first kappa shape index (κ1) is 25.9. The van der Waals surface area contributed by atoms with Crippen LogP contribution in [0.1, 0.15) is 80.3 Å². The average Bonchev–Trinajstić information content (AvgIpc) is 3.87. The number of nitrogens with zero attached hydrogens (tertiary/aromatic N) is 6. The zero-order valence-corrected chi connectivity index (χ0v) is 23.9. The van der Waals surface area contributed by atoms with Gasteiger partial charge in [0.25, 0.3) is 5.91 Å². The van der Waals surface area contributed by atoms with Gasteiger partial charge in [0.2, 0.25) is 5.95 Å². The molecular formula is C32H36N6O3. The molecule has 7 rings (SSSR count). The fourth-order valence-corrected chi connectivity index (χ4v) is 6.74. The van der Waals surface area contributed by atoms with Gasteiger partial charge in [-0.1, -0.05) is 6.07 Å². The Labute approximate surface area is 240 Å². The lowest BCUT2D eigenvalue weighted by Crippen LogP contribution is -2.52. The summed E-state index contributed by atoms with van der Waals surface area (Å²) in [5, 5.41) is 9.83. The van der Waals surface area contributed by atoms with Crippen LogP contribution < -0.4 is 4.90 Å². The zero-order chi connectivity index (χ0) is 28.5. The molecule has 2 saturated carbocycles. The van der Waals surface area contributed by atoms with Gasteiger partial charge in [-0.3, -0.25) is 14.7 Å². The summed E-state index contributed by atoms with van der Waals surface area (Å²) in [6, 6.07) is 10.0. The maximum Gasteiger partial charge on any atom is 0.408 e. The Morgan fingerprint density at radius 2 is 1.78 bits per heavy atom. The van der Waals surface area contributed by atoms with E-state index in [-0.39, 0.29) is 17.4 Å². The van der Waals surface area contributed by atoms with Crippen LogP contribution in [0, 0.1) is 0 Å². The van der Waals surface area contributed by atoms with Gasteiger partial charge in [-0.2, -0.15) is 0 Å². The number of aromatic nitrogens is 3. The molecule has 1 N–H and O–H groups in total. The summed E-state index contributed by atoms with van der Waals surface area (Å²) in [7, 11) is 0. The van der Waals surface area contributed by atoms with Crippen LogP contribution in [0.5, 0.6) is 0 Å². The molecule has 0 unspecified atom stereocenters. The molecule has 0 bridgehead atoms. The molecule has 1 atom stereocenters. The van der Waals surface area contributed by atoms with Crippen molar-refractivity contribution in [1.29, 1.82) is 0 Å². The van der Waals surface area contributed by atoms with Crippen molar-refractivity contribution < 1.29 is 14.7 Å². The molecule has 3 aromatic rings. The first-order chi connectivity index (χ1) is 19.6. The van der Waals surface area contributed by atoms with E-state index in [9.17, 15) is 14.7 Å². The Morgan fingerprint density at radius 3 is 2.44 bits per heavy atom. The topological polar surface area (TPSA) is 103 Å². The molecular weight excluding hydrogens is 516 g/mol. The standard InChI is InChI=1S/C32H36N6O3/c1-31(2,3)38(30(40)41)24-9-13-36(18-24)28(39)22-6-7-25-27(15-22)37(19-32(25)10-11-32)29-34-16-23(17-35-29)26-14-21(8-12-33-26)20-4-5-20/h6-8,12,14-17,20,24H,4-5,9-11,13,18-19H2,1-3H3,(H,40,41)/t24-/m1/s1. The summed E-state index contributed by atoms with van der Waals surface area (Å²) in [6.07, 6.45) is 9.98. The predicted molar refractivity (Wildman–Crippen MR) is 156 cm³/mol. The molecule has 1 spiro atoms. The summed E-state index contributed by atoms with van der Waals surface area (Å²) in [5.74, 6) is 1.22. The normalized spacial score (nSPS) is 20.8. The van der Waals surface area contributed by atoms with E-state index >= 15 is 0 Å². The highest BCUT2D eigenvalue weighted by molar-refractivity contribution is 5.96. The fraction of sp³-hybridized carbons (Fsp3) is 0.469. The lowest BCUT2D eigenvalue weighted by molar-refractivity contribution is 0.0649. The second kappa shape index (κ2) is 9.26. The third-order valence-electron chi connectivity index (χ3n) is 9.17. The number of rotatable bonds is 5. The minimum Gasteiger partial charge on any atom is -0.465 e. The van der Waals surface area contributed by atoms with Crippen molar-refractivity contribution in [3.05, 3.63) is 65.6 Å². The summed E-state index contributed by atoms with van der Waals surface area (Å²) in [6.45, 7) is 7.42. The van der Waals surface area contributed by atoms with Crippen LogP contribution in [-0.4, -0.2) is 73.1 Å². The average molecular weight is 553 g/mol. The molecule has 4 aliphatic rings. The van der Waals surface area contributed by atoms with Crippen LogP contribution in [0.4, 0.5) is 16.4 Å². The van der Waals surface area contributed by atoms with Crippen molar-refractivity contribution >= 4 is 23.6 Å². The Kier molecular flexibility index (Phi) is 5.85. The van der Waals surface area contributed by atoms with Crippen LogP contribution in [0.2, 0.25) is 0 Å². The van der Waals surface area contributed by atoms with Crippen LogP contribution in [0.25, 0.3) is 11.3 Å². The van der Waals surface area contributed by atoms with Gasteiger partial charge in [0, 0.05) is 66.0 Å². The maximum absolute atomic E-state index is 13.6. The van der Waals surface area contributed by atoms with Gasteiger partial charge < -0.3 is 14.9 Å². The number of benzene rings is 1. The number of anilines is 2. The minimum atomic E-state index is -0.947. The lowest BCUT2D eigenvalue weighted by atomic mass is 9.97. The number of hydrogen-bond acceptors (Lipinski definition) is 6. The predicted octanol–water partition coefficient (Wildman–Crippen LogP) is 5.59. The number of fused-ring (bicyclic) bond motifs is 2. The van der Waals surface area contributed by atoms with Crippen molar-refractivity contribution in [1.82, 2.24) is 24.8 Å². The molecule has 9 heteroatoms. The van der Waals surface area contributed by atoms with E-state index in [0.717, 1.165) is 36.3 Å². The quantitative estimate of drug-likeness (QED) is 0.440. The number of carbonyl (C=O) groups excluding carboxylic acids is 1. The molecule has 3 fully saturated rings. The van der Waals surface area contributed by atoms with Crippen LogP contribution in [-0.2, 0) is 5.41 Å². The van der Waals surface area contributed by atoms with Gasteiger partial charge in [-0.15, -0.1) is 0 Å². The van der Waals surface area contributed by atoms with Crippen LogP contribution >= 0.6 is 0 Å². The number of likely N-dealkylation sites (tertiary alicyclic amines) is 1. The van der Waals surface area contributed by atoms with E-state index in [1.165, 1.54) is 28.9 Å². The molecule has 41 heavy (non-hydrogen) atoms. The van der Waals surface area contributed by atoms with Crippen molar-refractivity contribution in [3.63, 3.8) is 0 Å². The van der Waals surface area contributed by atoms with Crippen molar-refractivity contribution in [2.75, 3.05) is 24.5 Å². The first-order valence-corrected chi connectivity index (χ1v) is 14.6. The Morgan fingerprint density at radius 1 is 1.02 bits per heavy atom. The lowest BCUT2D eigenvalue weighted by Gasteiger charge is -2.37. The summed E-state index contributed by atoms with van der Waals surface area (Å²) in [5.41, 5.74) is 5.56. The third-order valence-corrected chi connectivity index (χ3v) is 9.17. The summed E-state index contributed by atoms with van der Waals surface area (Å²) < 4.78 is 0. The largest absolute Gasteiger partial charge is 0.465 e. The number of pyridine rings is 1. The van der Waals surface area contributed by atoms with Gasteiger partial charge in [0.05, 0.1) is 11.7 Å². The van der Waals surface area contributed by atoms with Gasteiger partial charge >= 0.3 is 6.09 Å². The number of hydrogen-bond donors (Lipinski definition) is 1.